The molecule has 6 rings (SSSR count). The molecule has 12 heteroatoms. The van der Waals surface area contributed by atoms with Crippen LogP contribution < -0.4 is 10.6 Å². The van der Waals surface area contributed by atoms with Crippen molar-refractivity contribution in [1.29, 1.82) is 0 Å². The van der Waals surface area contributed by atoms with Gasteiger partial charge in [-0.3, -0.25) is 4.98 Å². The van der Waals surface area contributed by atoms with Gasteiger partial charge in [-0.1, -0.05) is 24.3 Å². The number of anilines is 3. The number of pyridine rings is 1. The van der Waals surface area contributed by atoms with Crippen molar-refractivity contribution >= 4 is 55.1 Å². The summed E-state index contributed by atoms with van der Waals surface area (Å²) in [6.45, 7) is 0.993. The molecular formula is C29H26N6O5S. The summed E-state index contributed by atoms with van der Waals surface area (Å²) in [6.07, 6.45) is 3.06. The number of aromatic carboxylic acids is 1. The van der Waals surface area contributed by atoms with E-state index in [-0.39, 0.29) is 48.1 Å². The lowest BCUT2D eigenvalue weighted by atomic mass is 10.0. The molecule has 1 aliphatic rings. The lowest BCUT2D eigenvalue weighted by Gasteiger charge is -2.27. The minimum absolute atomic E-state index is 0.0128. The third kappa shape index (κ3) is 5.04. The number of aromatic nitrogens is 3. The van der Waals surface area contributed by atoms with E-state index in [4.69, 9.17) is 4.74 Å². The molecule has 0 bridgehead atoms. The van der Waals surface area contributed by atoms with E-state index in [1.165, 1.54) is 16.6 Å². The lowest BCUT2D eigenvalue weighted by Crippen LogP contribution is -2.40. The number of rotatable bonds is 7. The number of nitrogens with one attached hydrogen (secondary N) is 2. The minimum atomic E-state index is -3.99. The molecule has 0 unspecified atom stereocenters. The Balaban J connectivity index is 1.54. The predicted octanol–water partition coefficient (Wildman–Crippen LogP) is 4.35. The zero-order chi connectivity index (χ0) is 28.6. The van der Waals surface area contributed by atoms with Crippen molar-refractivity contribution in [2.24, 2.45) is 0 Å². The van der Waals surface area contributed by atoms with Gasteiger partial charge in [-0.05, 0) is 47.5 Å². The molecule has 3 heterocycles. The average molecular weight is 571 g/mol. The Labute approximate surface area is 235 Å². The zero-order valence-electron chi connectivity index (χ0n) is 22.0. The van der Waals surface area contributed by atoms with Crippen LogP contribution >= 0.6 is 0 Å². The molecule has 1 saturated heterocycles. The van der Waals surface area contributed by atoms with Gasteiger partial charge in [0.2, 0.25) is 16.0 Å². The van der Waals surface area contributed by atoms with E-state index in [2.05, 4.69) is 25.6 Å². The zero-order valence-corrected chi connectivity index (χ0v) is 22.9. The molecule has 3 N–H and O–H groups in total. The van der Waals surface area contributed by atoms with Crippen LogP contribution in [0.4, 0.5) is 17.3 Å². The topological polar surface area (TPSA) is 147 Å². The highest BCUT2D eigenvalue weighted by atomic mass is 32.2. The monoisotopic (exact) mass is 570 g/mol. The molecule has 208 valence electrons. The molecule has 0 atom stereocenters. The van der Waals surface area contributed by atoms with Crippen molar-refractivity contribution in [3.63, 3.8) is 0 Å². The Hall–Kier alpha value is -4.65. The fraction of sp³-hybridized carbons (Fsp3) is 0.172. The molecule has 1 fully saturated rings. The maximum Gasteiger partial charge on any atom is 0.337 e. The van der Waals surface area contributed by atoms with E-state index < -0.39 is 16.0 Å². The summed E-state index contributed by atoms with van der Waals surface area (Å²) in [5.74, 6) is -0.613. The number of sulfonamides is 1. The van der Waals surface area contributed by atoms with Crippen LogP contribution in [-0.2, 0) is 14.8 Å². The van der Waals surface area contributed by atoms with Crippen LogP contribution in [0, 0.1) is 0 Å². The van der Waals surface area contributed by atoms with Crippen molar-refractivity contribution in [1.82, 2.24) is 19.3 Å². The van der Waals surface area contributed by atoms with Crippen molar-refractivity contribution in [3.05, 3.63) is 78.6 Å². The number of carbonyl (C=O) groups is 1. The van der Waals surface area contributed by atoms with Gasteiger partial charge in [-0.2, -0.15) is 4.31 Å². The largest absolute Gasteiger partial charge is 0.478 e. The second kappa shape index (κ2) is 10.7. The van der Waals surface area contributed by atoms with Crippen LogP contribution in [0.25, 0.3) is 32.9 Å². The molecule has 41 heavy (non-hydrogen) atoms. The number of nitrogens with zero attached hydrogens (tertiary/aromatic N) is 4. The molecule has 5 aromatic rings. The van der Waals surface area contributed by atoms with Gasteiger partial charge in [0.15, 0.2) is 0 Å². The highest BCUT2D eigenvalue weighted by Crippen LogP contribution is 2.37. The molecule has 0 aliphatic carbocycles. The third-order valence-corrected chi connectivity index (χ3v) is 8.89. The molecule has 2 aromatic heterocycles. The van der Waals surface area contributed by atoms with Crippen LogP contribution in [0.2, 0.25) is 0 Å². The Bertz CT molecular complexity index is 1910. The Morgan fingerprint density at radius 3 is 2.44 bits per heavy atom. The first-order valence-corrected chi connectivity index (χ1v) is 14.3. The van der Waals surface area contributed by atoms with E-state index in [0.717, 1.165) is 22.0 Å². The minimum Gasteiger partial charge on any atom is -0.478 e. The van der Waals surface area contributed by atoms with Crippen LogP contribution in [0.1, 0.15) is 10.4 Å². The number of para-hydroxylation sites is 1. The van der Waals surface area contributed by atoms with Gasteiger partial charge in [0.05, 0.1) is 41.2 Å². The van der Waals surface area contributed by atoms with E-state index in [9.17, 15) is 18.3 Å². The average Bonchev–Trinajstić information content (AvgIpc) is 3.01. The van der Waals surface area contributed by atoms with E-state index in [0.29, 0.717) is 16.9 Å². The molecule has 3 aromatic carbocycles. The number of morpholine rings is 1. The highest BCUT2D eigenvalue weighted by Gasteiger charge is 2.30. The van der Waals surface area contributed by atoms with Crippen molar-refractivity contribution in [2.75, 3.05) is 44.0 Å². The van der Waals surface area contributed by atoms with Crippen LogP contribution in [0.5, 0.6) is 0 Å². The molecular weight excluding hydrogens is 544 g/mol. The van der Waals surface area contributed by atoms with Crippen LogP contribution in [-0.4, -0.2) is 72.1 Å². The Morgan fingerprint density at radius 2 is 1.68 bits per heavy atom. The highest BCUT2D eigenvalue weighted by molar-refractivity contribution is 7.89. The van der Waals surface area contributed by atoms with Crippen LogP contribution in [0.3, 0.4) is 0 Å². The van der Waals surface area contributed by atoms with Crippen molar-refractivity contribution in [2.45, 2.75) is 4.90 Å². The Kier molecular flexibility index (Phi) is 6.95. The first kappa shape index (κ1) is 26.6. The summed E-state index contributed by atoms with van der Waals surface area (Å²) < 4.78 is 34.5. The van der Waals surface area contributed by atoms with Gasteiger partial charge in [-0.25, -0.2) is 23.2 Å². The molecule has 0 radical (unpaired) electrons. The van der Waals surface area contributed by atoms with Gasteiger partial charge >= 0.3 is 5.97 Å². The summed E-state index contributed by atoms with van der Waals surface area (Å²) in [6, 6.07) is 17.8. The molecule has 0 amide bonds. The van der Waals surface area contributed by atoms with Gasteiger partial charge in [0.25, 0.3) is 0 Å². The quantitative estimate of drug-likeness (QED) is 0.258. The third-order valence-electron chi connectivity index (χ3n) is 6.97. The number of carboxylic acid groups (broad SMARTS) is 1. The number of ether oxygens (including phenoxy) is 1. The van der Waals surface area contributed by atoms with Gasteiger partial charge in [-0.15, -0.1) is 0 Å². The lowest BCUT2D eigenvalue weighted by molar-refractivity contribution is 0.0698. The number of fused-ring (bicyclic) bond motifs is 2. The van der Waals surface area contributed by atoms with E-state index in [1.807, 2.05) is 36.4 Å². The number of hydrogen-bond donors (Lipinski definition) is 3. The molecule has 11 nitrogen and oxygen atoms in total. The molecule has 0 saturated carbocycles. The maximum atomic E-state index is 13.9. The normalized spacial score (nSPS) is 14.3. The van der Waals surface area contributed by atoms with Crippen molar-refractivity contribution in [3.8, 4) is 11.1 Å². The molecule has 0 spiro atoms. The summed E-state index contributed by atoms with van der Waals surface area (Å²) >= 11 is 0. The smallest absolute Gasteiger partial charge is 0.337 e. The summed E-state index contributed by atoms with van der Waals surface area (Å²) in [5, 5.41) is 17.2. The van der Waals surface area contributed by atoms with Gasteiger partial charge in [0.1, 0.15) is 4.90 Å². The number of benzene rings is 3. The summed E-state index contributed by atoms with van der Waals surface area (Å²) in [7, 11) is -2.24. The first-order chi connectivity index (χ1) is 19.8. The molecule has 1 aliphatic heterocycles. The fourth-order valence-electron chi connectivity index (χ4n) is 4.85. The standard InChI is InChI=1S/C29H26N6O5S/c1-30-29-32-16-20-14-18(6-8-23(20)34-29)19-7-9-24-22(15-19)27(33-25-5-3-2-4-21(25)28(36)37)26(17-31-24)41(38,39)35-10-12-40-13-11-35/h2-9,14-17H,10-13H2,1H3,(H,31,33)(H,36,37)(H,30,32,34). The van der Waals surface area contributed by atoms with E-state index in [1.54, 1.807) is 31.4 Å². The van der Waals surface area contributed by atoms with Gasteiger partial charge in [0, 0.05) is 43.3 Å². The van der Waals surface area contributed by atoms with Crippen LogP contribution in [0.15, 0.2) is 78.0 Å². The number of hydrogen-bond acceptors (Lipinski definition) is 9. The van der Waals surface area contributed by atoms with Gasteiger partial charge < -0.3 is 20.5 Å². The number of carboxylic acids is 1. The predicted molar refractivity (Wildman–Crippen MR) is 156 cm³/mol. The fourth-order valence-corrected chi connectivity index (χ4v) is 6.36. The summed E-state index contributed by atoms with van der Waals surface area (Å²) in [4.78, 5) is 25.2. The second-order valence-corrected chi connectivity index (χ2v) is 11.3. The first-order valence-electron chi connectivity index (χ1n) is 12.9. The maximum absolute atomic E-state index is 13.9. The SMILES string of the molecule is CNc1ncc2cc(-c3ccc4ncc(S(=O)(=O)N5CCOCC5)c(Nc5ccccc5C(=O)O)c4c3)ccc2n1. The van der Waals surface area contributed by atoms with E-state index >= 15 is 0 Å². The Morgan fingerprint density at radius 1 is 0.951 bits per heavy atom. The van der Waals surface area contributed by atoms with Crippen molar-refractivity contribution < 1.29 is 23.1 Å². The second-order valence-electron chi connectivity index (χ2n) is 9.44. The summed E-state index contributed by atoms with van der Waals surface area (Å²) in [5.41, 5.74) is 3.54.